The molecule has 1 N–H and O–H groups in total. The van der Waals surface area contributed by atoms with Crippen LogP contribution in [0.5, 0.6) is 0 Å². The minimum atomic E-state index is -0.259. The van der Waals surface area contributed by atoms with Gasteiger partial charge in [0.1, 0.15) is 5.82 Å². The Morgan fingerprint density at radius 3 is 2.84 bits per heavy atom. The smallest absolute Gasteiger partial charge is 0.228 e. The van der Waals surface area contributed by atoms with Crippen LogP contribution in [-0.2, 0) is 6.42 Å². The molecule has 0 amide bonds. The highest BCUT2D eigenvalue weighted by Crippen LogP contribution is 2.19. The number of likely N-dealkylation sites (N-methyl/N-ethyl adjacent to an activating group) is 1. The SMILES string of the molecule is CCC(Cc1nc(-c2ccc(C)c(F)c2)no1)NC. The van der Waals surface area contributed by atoms with Gasteiger partial charge in [-0.1, -0.05) is 24.2 Å². The normalized spacial score (nSPS) is 12.6. The van der Waals surface area contributed by atoms with E-state index in [0.717, 1.165) is 6.42 Å². The topological polar surface area (TPSA) is 51.0 Å². The average molecular weight is 263 g/mol. The van der Waals surface area contributed by atoms with E-state index in [2.05, 4.69) is 22.4 Å². The number of nitrogens with one attached hydrogen (secondary N) is 1. The average Bonchev–Trinajstić information content (AvgIpc) is 2.87. The molecule has 0 saturated heterocycles. The Morgan fingerprint density at radius 1 is 1.42 bits per heavy atom. The molecule has 5 heteroatoms. The zero-order chi connectivity index (χ0) is 13.8. The van der Waals surface area contributed by atoms with Gasteiger partial charge in [-0.25, -0.2) is 4.39 Å². The van der Waals surface area contributed by atoms with Crippen LogP contribution in [0.25, 0.3) is 11.4 Å². The summed E-state index contributed by atoms with van der Waals surface area (Å²) in [6.45, 7) is 3.81. The summed E-state index contributed by atoms with van der Waals surface area (Å²) < 4.78 is 18.7. The molecule has 102 valence electrons. The second-order valence-electron chi connectivity index (χ2n) is 4.57. The number of hydrogen-bond donors (Lipinski definition) is 1. The van der Waals surface area contributed by atoms with Gasteiger partial charge in [0.15, 0.2) is 0 Å². The van der Waals surface area contributed by atoms with E-state index < -0.39 is 0 Å². The minimum Gasteiger partial charge on any atom is -0.339 e. The number of hydrogen-bond acceptors (Lipinski definition) is 4. The van der Waals surface area contributed by atoms with Gasteiger partial charge in [0.25, 0.3) is 0 Å². The Hall–Kier alpha value is -1.75. The summed E-state index contributed by atoms with van der Waals surface area (Å²) in [5.41, 5.74) is 1.24. The molecule has 2 rings (SSSR count). The van der Waals surface area contributed by atoms with Crippen molar-refractivity contribution in [2.24, 2.45) is 0 Å². The second-order valence-corrected chi connectivity index (χ2v) is 4.57. The van der Waals surface area contributed by atoms with Gasteiger partial charge < -0.3 is 9.84 Å². The van der Waals surface area contributed by atoms with Crippen LogP contribution in [0.4, 0.5) is 4.39 Å². The lowest BCUT2D eigenvalue weighted by atomic mass is 10.1. The maximum Gasteiger partial charge on any atom is 0.228 e. The Labute approximate surface area is 112 Å². The first-order chi connectivity index (χ1) is 9.13. The molecule has 0 aliphatic rings. The van der Waals surface area contributed by atoms with E-state index in [1.165, 1.54) is 6.07 Å². The van der Waals surface area contributed by atoms with Crippen molar-refractivity contribution in [3.63, 3.8) is 0 Å². The van der Waals surface area contributed by atoms with Gasteiger partial charge in [-0.3, -0.25) is 0 Å². The van der Waals surface area contributed by atoms with Crippen LogP contribution in [0.2, 0.25) is 0 Å². The Kier molecular flexibility index (Phi) is 4.27. The van der Waals surface area contributed by atoms with Crippen LogP contribution < -0.4 is 5.32 Å². The van der Waals surface area contributed by atoms with Crippen LogP contribution in [0.1, 0.15) is 24.8 Å². The van der Waals surface area contributed by atoms with Gasteiger partial charge in [0, 0.05) is 18.0 Å². The van der Waals surface area contributed by atoms with E-state index in [1.54, 1.807) is 19.1 Å². The number of nitrogens with zero attached hydrogens (tertiary/aromatic N) is 2. The van der Waals surface area contributed by atoms with Crippen molar-refractivity contribution in [2.75, 3.05) is 7.05 Å². The van der Waals surface area contributed by atoms with Crippen LogP contribution >= 0.6 is 0 Å². The predicted molar refractivity (Wildman–Crippen MR) is 71.3 cm³/mol. The fourth-order valence-electron chi connectivity index (χ4n) is 1.85. The molecule has 1 atom stereocenters. The van der Waals surface area contributed by atoms with E-state index in [-0.39, 0.29) is 5.82 Å². The van der Waals surface area contributed by atoms with Gasteiger partial charge in [-0.15, -0.1) is 0 Å². The summed E-state index contributed by atoms with van der Waals surface area (Å²) in [4.78, 5) is 4.30. The Morgan fingerprint density at radius 2 is 2.21 bits per heavy atom. The quantitative estimate of drug-likeness (QED) is 0.901. The largest absolute Gasteiger partial charge is 0.339 e. The van der Waals surface area contributed by atoms with Gasteiger partial charge in [-0.05, 0) is 32.0 Å². The van der Waals surface area contributed by atoms with Crippen molar-refractivity contribution in [2.45, 2.75) is 32.7 Å². The second kappa shape index (κ2) is 5.93. The molecule has 0 aliphatic carbocycles. The molecule has 2 aromatic rings. The highest BCUT2D eigenvalue weighted by atomic mass is 19.1. The summed E-state index contributed by atoms with van der Waals surface area (Å²) in [5.74, 6) is 0.738. The third-order valence-electron chi connectivity index (χ3n) is 3.22. The van der Waals surface area contributed by atoms with E-state index in [9.17, 15) is 4.39 Å². The third-order valence-corrected chi connectivity index (χ3v) is 3.22. The third kappa shape index (κ3) is 3.17. The summed E-state index contributed by atoms with van der Waals surface area (Å²) in [5, 5.41) is 7.08. The lowest BCUT2D eigenvalue weighted by molar-refractivity contribution is 0.359. The molecule has 0 aliphatic heterocycles. The van der Waals surface area contributed by atoms with Crippen molar-refractivity contribution in [3.8, 4) is 11.4 Å². The maximum atomic E-state index is 13.5. The number of rotatable bonds is 5. The molecular weight excluding hydrogens is 245 g/mol. The summed E-state index contributed by atoms with van der Waals surface area (Å²) in [7, 11) is 1.90. The molecule has 1 heterocycles. The number of aryl methyl sites for hydroxylation is 1. The molecule has 1 aromatic carbocycles. The molecule has 4 nitrogen and oxygen atoms in total. The fourth-order valence-corrected chi connectivity index (χ4v) is 1.85. The van der Waals surface area contributed by atoms with E-state index in [0.29, 0.717) is 35.3 Å². The molecule has 0 radical (unpaired) electrons. The van der Waals surface area contributed by atoms with E-state index in [4.69, 9.17) is 4.52 Å². The zero-order valence-corrected chi connectivity index (χ0v) is 11.4. The maximum absolute atomic E-state index is 13.5. The van der Waals surface area contributed by atoms with Crippen molar-refractivity contribution < 1.29 is 8.91 Å². The van der Waals surface area contributed by atoms with Crippen LogP contribution in [0.15, 0.2) is 22.7 Å². The van der Waals surface area contributed by atoms with Gasteiger partial charge in [-0.2, -0.15) is 4.98 Å². The van der Waals surface area contributed by atoms with E-state index in [1.807, 2.05) is 7.05 Å². The number of aromatic nitrogens is 2. The molecule has 0 spiro atoms. The Bertz CT molecular complexity index is 549. The molecule has 19 heavy (non-hydrogen) atoms. The lowest BCUT2D eigenvalue weighted by Gasteiger charge is -2.09. The minimum absolute atomic E-state index is 0.259. The van der Waals surface area contributed by atoms with Crippen molar-refractivity contribution in [1.82, 2.24) is 15.5 Å². The summed E-state index contributed by atoms with van der Waals surface area (Å²) >= 11 is 0. The molecule has 0 saturated carbocycles. The van der Waals surface area contributed by atoms with Gasteiger partial charge in [0.05, 0.1) is 0 Å². The predicted octanol–water partition coefficient (Wildman–Crippen LogP) is 2.72. The van der Waals surface area contributed by atoms with Gasteiger partial charge in [0.2, 0.25) is 11.7 Å². The fraction of sp³-hybridized carbons (Fsp3) is 0.429. The monoisotopic (exact) mass is 263 g/mol. The van der Waals surface area contributed by atoms with Crippen molar-refractivity contribution in [1.29, 1.82) is 0 Å². The van der Waals surface area contributed by atoms with Crippen LogP contribution in [0, 0.1) is 12.7 Å². The van der Waals surface area contributed by atoms with Crippen molar-refractivity contribution in [3.05, 3.63) is 35.5 Å². The molecule has 0 fully saturated rings. The van der Waals surface area contributed by atoms with E-state index >= 15 is 0 Å². The first-order valence-corrected chi connectivity index (χ1v) is 6.40. The number of benzene rings is 1. The first-order valence-electron chi connectivity index (χ1n) is 6.40. The van der Waals surface area contributed by atoms with Crippen molar-refractivity contribution >= 4 is 0 Å². The molecular formula is C14H18FN3O. The summed E-state index contributed by atoms with van der Waals surface area (Å²) in [6, 6.07) is 5.24. The molecule has 1 unspecified atom stereocenters. The highest BCUT2D eigenvalue weighted by molar-refractivity contribution is 5.54. The number of halogens is 1. The van der Waals surface area contributed by atoms with Crippen LogP contribution in [0.3, 0.4) is 0 Å². The first kappa shape index (κ1) is 13.7. The Balaban J connectivity index is 2.18. The van der Waals surface area contributed by atoms with Gasteiger partial charge >= 0.3 is 0 Å². The van der Waals surface area contributed by atoms with Crippen LogP contribution in [-0.4, -0.2) is 23.2 Å². The molecule has 1 aromatic heterocycles. The highest BCUT2D eigenvalue weighted by Gasteiger charge is 2.13. The molecule has 0 bridgehead atoms. The standard InChI is InChI=1S/C14H18FN3O/c1-4-11(16-3)8-13-17-14(18-19-13)10-6-5-9(2)12(15)7-10/h5-7,11,16H,4,8H2,1-3H3. The lowest BCUT2D eigenvalue weighted by Crippen LogP contribution is -2.26. The summed E-state index contributed by atoms with van der Waals surface area (Å²) in [6.07, 6.45) is 1.65. The zero-order valence-electron chi connectivity index (χ0n) is 11.4.